The fourth-order valence-electron chi connectivity index (χ4n) is 3.38. The van der Waals surface area contributed by atoms with Crippen LogP contribution in [0.25, 0.3) is 22.3 Å². The number of aromatic amines is 1. The van der Waals surface area contributed by atoms with Gasteiger partial charge in [0.05, 0.1) is 10.5 Å². The van der Waals surface area contributed by atoms with Crippen molar-refractivity contribution in [2.24, 2.45) is 0 Å². The summed E-state index contributed by atoms with van der Waals surface area (Å²) < 4.78 is 1.75. The van der Waals surface area contributed by atoms with Gasteiger partial charge in [-0.2, -0.15) is 0 Å². The molecule has 0 radical (unpaired) electrons. The summed E-state index contributed by atoms with van der Waals surface area (Å²) in [4.78, 5) is 33.4. The highest BCUT2D eigenvalue weighted by Crippen LogP contribution is 2.35. The number of imidazole rings is 1. The third-order valence-corrected chi connectivity index (χ3v) is 5.11. The van der Waals surface area contributed by atoms with Crippen LogP contribution in [0.4, 0.5) is 0 Å². The fourth-order valence-corrected chi connectivity index (χ4v) is 3.63. The van der Waals surface area contributed by atoms with Gasteiger partial charge in [-0.05, 0) is 30.5 Å². The van der Waals surface area contributed by atoms with E-state index in [0.717, 1.165) is 24.0 Å². The van der Waals surface area contributed by atoms with E-state index in [2.05, 4.69) is 23.8 Å². The van der Waals surface area contributed by atoms with Crippen molar-refractivity contribution in [2.75, 3.05) is 14.1 Å². The summed E-state index contributed by atoms with van der Waals surface area (Å²) in [7, 11) is 3.43. The van der Waals surface area contributed by atoms with Crippen LogP contribution in [0.1, 0.15) is 43.1 Å². The van der Waals surface area contributed by atoms with E-state index >= 15 is 0 Å². The highest BCUT2D eigenvalue weighted by atomic mass is 35.5. The Kier molecular flexibility index (Phi) is 5.37. The Morgan fingerprint density at radius 3 is 2.41 bits per heavy atom. The van der Waals surface area contributed by atoms with E-state index in [0.29, 0.717) is 21.7 Å². The Morgan fingerprint density at radius 1 is 1.22 bits per heavy atom. The summed E-state index contributed by atoms with van der Waals surface area (Å²) in [5.41, 5.74) is 3.20. The molecule has 0 saturated carbocycles. The molecule has 142 valence electrons. The van der Waals surface area contributed by atoms with Crippen molar-refractivity contribution in [1.82, 2.24) is 19.4 Å². The summed E-state index contributed by atoms with van der Waals surface area (Å²) >= 11 is 6.50. The summed E-state index contributed by atoms with van der Waals surface area (Å²) in [5, 5.41) is 0.466. The van der Waals surface area contributed by atoms with Crippen LogP contribution in [-0.4, -0.2) is 39.4 Å². The van der Waals surface area contributed by atoms with E-state index in [-0.39, 0.29) is 17.6 Å². The molecule has 1 aromatic carbocycles. The molecule has 0 fully saturated rings. The van der Waals surface area contributed by atoms with Crippen LogP contribution >= 0.6 is 11.6 Å². The average molecular weight is 387 g/mol. The number of nitrogens with one attached hydrogen (secondary N) is 1. The summed E-state index contributed by atoms with van der Waals surface area (Å²) in [5.74, 6) is -0.0666. The number of carbonyl (C=O) groups is 1. The van der Waals surface area contributed by atoms with Gasteiger partial charge in [-0.15, -0.1) is 0 Å². The number of carbonyl (C=O) groups excluding carboxylic acids is 1. The van der Waals surface area contributed by atoms with Crippen molar-refractivity contribution in [3.05, 3.63) is 51.5 Å². The minimum atomic E-state index is -0.186. The number of amides is 1. The molecule has 6 nitrogen and oxygen atoms in total. The van der Waals surface area contributed by atoms with Crippen LogP contribution < -0.4 is 5.69 Å². The molecular weight excluding hydrogens is 364 g/mol. The number of hydrogen-bond donors (Lipinski definition) is 1. The second-order valence-electron chi connectivity index (χ2n) is 6.73. The summed E-state index contributed by atoms with van der Waals surface area (Å²) in [6.45, 7) is 4.11. The van der Waals surface area contributed by atoms with Gasteiger partial charge in [0.2, 0.25) is 0 Å². The number of rotatable bonds is 5. The van der Waals surface area contributed by atoms with Crippen LogP contribution in [-0.2, 0) is 0 Å². The van der Waals surface area contributed by atoms with E-state index in [1.54, 1.807) is 37.0 Å². The van der Waals surface area contributed by atoms with Crippen LogP contribution in [0.15, 0.2) is 35.3 Å². The van der Waals surface area contributed by atoms with Crippen molar-refractivity contribution in [3.63, 3.8) is 0 Å². The topological polar surface area (TPSA) is 71.0 Å². The molecule has 0 aliphatic heterocycles. The third-order valence-electron chi connectivity index (χ3n) is 4.83. The Bertz CT molecular complexity index is 1030. The molecule has 0 bridgehead atoms. The Labute approximate surface area is 162 Å². The predicted molar refractivity (Wildman–Crippen MR) is 108 cm³/mol. The van der Waals surface area contributed by atoms with Crippen molar-refractivity contribution < 1.29 is 4.79 Å². The second kappa shape index (κ2) is 7.56. The lowest BCUT2D eigenvalue weighted by Gasteiger charge is -2.17. The Hall–Kier alpha value is -2.60. The van der Waals surface area contributed by atoms with Crippen molar-refractivity contribution in [1.29, 1.82) is 0 Å². The quantitative estimate of drug-likeness (QED) is 0.717. The predicted octanol–water partition coefficient (Wildman–Crippen LogP) is 4.11. The summed E-state index contributed by atoms with van der Waals surface area (Å²) in [6.07, 6.45) is 3.20. The Morgan fingerprint density at radius 2 is 1.85 bits per heavy atom. The zero-order valence-corrected chi connectivity index (χ0v) is 16.7. The minimum absolute atomic E-state index is 0.0554. The lowest BCUT2D eigenvalue weighted by Crippen LogP contribution is -2.22. The number of nitrogens with zero attached hydrogens (tertiary/aromatic N) is 3. The van der Waals surface area contributed by atoms with Crippen LogP contribution in [0.3, 0.4) is 0 Å². The van der Waals surface area contributed by atoms with E-state index in [1.807, 2.05) is 12.1 Å². The SMILES string of the molecule is CCC(CC)n1c(=O)[nH]c2ncc(Cl)c(-c3ccc(C(=O)N(C)C)cc3)c21. The molecule has 1 amide bonds. The highest BCUT2D eigenvalue weighted by Gasteiger charge is 2.21. The van der Waals surface area contributed by atoms with Crippen molar-refractivity contribution >= 4 is 28.7 Å². The third kappa shape index (κ3) is 3.37. The van der Waals surface area contributed by atoms with Gasteiger partial charge in [0.25, 0.3) is 5.91 Å². The van der Waals surface area contributed by atoms with Gasteiger partial charge in [0.15, 0.2) is 5.65 Å². The zero-order chi connectivity index (χ0) is 19.7. The highest BCUT2D eigenvalue weighted by molar-refractivity contribution is 6.34. The maximum absolute atomic E-state index is 12.6. The lowest BCUT2D eigenvalue weighted by molar-refractivity contribution is 0.0827. The van der Waals surface area contributed by atoms with E-state index < -0.39 is 0 Å². The number of benzene rings is 1. The van der Waals surface area contributed by atoms with Gasteiger partial charge >= 0.3 is 5.69 Å². The summed E-state index contributed by atoms with van der Waals surface area (Å²) in [6, 6.07) is 7.30. The van der Waals surface area contributed by atoms with Gasteiger partial charge in [-0.3, -0.25) is 14.3 Å². The monoisotopic (exact) mass is 386 g/mol. The van der Waals surface area contributed by atoms with Crippen LogP contribution in [0.2, 0.25) is 5.02 Å². The average Bonchev–Trinajstić information content (AvgIpc) is 2.99. The first-order valence-corrected chi connectivity index (χ1v) is 9.37. The molecule has 1 N–H and O–H groups in total. The number of H-pyrrole nitrogens is 1. The lowest BCUT2D eigenvalue weighted by atomic mass is 10.0. The molecule has 0 aliphatic rings. The Balaban J connectivity index is 2.24. The normalized spacial score (nSPS) is 11.3. The molecule has 27 heavy (non-hydrogen) atoms. The second-order valence-corrected chi connectivity index (χ2v) is 7.13. The zero-order valence-electron chi connectivity index (χ0n) is 15.9. The van der Waals surface area contributed by atoms with Crippen LogP contribution in [0, 0.1) is 0 Å². The molecule has 0 spiro atoms. The number of aromatic nitrogens is 3. The first-order valence-electron chi connectivity index (χ1n) is 8.99. The first-order chi connectivity index (χ1) is 12.9. The minimum Gasteiger partial charge on any atom is -0.345 e. The molecule has 3 rings (SSSR count). The van der Waals surface area contributed by atoms with Gasteiger partial charge in [0.1, 0.15) is 0 Å². The molecule has 0 unspecified atom stereocenters. The maximum atomic E-state index is 12.6. The number of fused-ring (bicyclic) bond motifs is 1. The van der Waals surface area contributed by atoms with E-state index in [4.69, 9.17) is 11.6 Å². The smallest absolute Gasteiger partial charge is 0.327 e. The standard InChI is InChI=1S/C20H23ClN4O2/c1-5-14(6-2)25-17-16(15(21)11-22-18(17)23-20(25)27)12-7-9-13(10-8-12)19(26)24(3)4/h7-11,14H,5-6H2,1-4H3,(H,22,23,27). The fraction of sp³-hybridized carbons (Fsp3) is 0.350. The molecule has 2 heterocycles. The molecule has 0 atom stereocenters. The number of halogens is 1. The van der Waals surface area contributed by atoms with Gasteiger partial charge in [-0.25, -0.2) is 9.78 Å². The molecule has 3 aromatic rings. The van der Waals surface area contributed by atoms with Crippen molar-refractivity contribution in [3.8, 4) is 11.1 Å². The maximum Gasteiger partial charge on any atom is 0.327 e. The number of pyridine rings is 1. The van der Waals surface area contributed by atoms with Gasteiger partial charge in [-0.1, -0.05) is 37.6 Å². The largest absolute Gasteiger partial charge is 0.345 e. The molecule has 0 saturated heterocycles. The van der Waals surface area contributed by atoms with E-state index in [9.17, 15) is 9.59 Å². The molecule has 0 aliphatic carbocycles. The van der Waals surface area contributed by atoms with Crippen molar-refractivity contribution in [2.45, 2.75) is 32.7 Å². The first kappa shape index (κ1) is 19.2. The van der Waals surface area contributed by atoms with E-state index in [1.165, 1.54) is 4.90 Å². The number of hydrogen-bond acceptors (Lipinski definition) is 3. The van der Waals surface area contributed by atoms with Crippen LogP contribution in [0.5, 0.6) is 0 Å². The molecule has 2 aromatic heterocycles. The van der Waals surface area contributed by atoms with Gasteiger partial charge < -0.3 is 4.90 Å². The molecule has 7 heteroatoms. The van der Waals surface area contributed by atoms with Gasteiger partial charge in [0, 0.05) is 37.5 Å². The molecular formula is C20H23ClN4O2.